The van der Waals surface area contributed by atoms with Crippen molar-refractivity contribution < 1.29 is 4.79 Å². The van der Waals surface area contributed by atoms with Gasteiger partial charge in [0.1, 0.15) is 4.83 Å². The van der Waals surface area contributed by atoms with Gasteiger partial charge in [-0.1, -0.05) is 6.92 Å². The van der Waals surface area contributed by atoms with Gasteiger partial charge in [-0.15, -0.1) is 11.3 Å². The first kappa shape index (κ1) is 19.5. The van der Waals surface area contributed by atoms with Crippen molar-refractivity contribution in [2.24, 2.45) is 13.0 Å². The molecule has 8 heteroatoms. The SMILES string of the molecule is Cc1c(C(=O)N2CCC(n3cnc4sc5c(c4c3=O)CC[C@@H](C)C5)CC2)cnn1C. The van der Waals surface area contributed by atoms with E-state index in [0.717, 1.165) is 48.0 Å². The highest BCUT2D eigenvalue weighted by Gasteiger charge is 2.29. The molecule has 1 fully saturated rings. The second-order valence-electron chi connectivity index (χ2n) is 8.78. The van der Waals surface area contributed by atoms with Gasteiger partial charge in [0.15, 0.2) is 0 Å². The van der Waals surface area contributed by atoms with Gasteiger partial charge in [0, 0.05) is 36.8 Å². The molecule has 0 spiro atoms. The molecule has 5 rings (SSSR count). The molecule has 0 bridgehead atoms. The van der Waals surface area contributed by atoms with E-state index < -0.39 is 0 Å². The van der Waals surface area contributed by atoms with Crippen molar-refractivity contribution in [3.05, 3.63) is 44.6 Å². The zero-order valence-electron chi connectivity index (χ0n) is 17.7. The summed E-state index contributed by atoms with van der Waals surface area (Å²) in [6, 6.07) is 0.0894. The standard InChI is InChI=1S/C22H27N5O2S/c1-13-4-5-16-18(10-13)30-20-19(16)22(29)27(12-23-20)15-6-8-26(9-7-15)21(28)17-11-24-25(3)14(17)2/h11-13,15H,4-10H2,1-3H3/t13-/m1/s1. The van der Waals surface area contributed by atoms with Crippen molar-refractivity contribution in [1.29, 1.82) is 0 Å². The Hall–Kier alpha value is -2.48. The highest BCUT2D eigenvalue weighted by atomic mass is 32.1. The zero-order valence-corrected chi connectivity index (χ0v) is 18.5. The Bertz CT molecular complexity index is 1180. The predicted octanol–water partition coefficient (Wildman–Crippen LogP) is 3.10. The number of hydrogen-bond donors (Lipinski definition) is 0. The Morgan fingerprint density at radius 3 is 2.70 bits per heavy atom. The number of aromatic nitrogens is 4. The number of rotatable bonds is 2. The van der Waals surface area contributed by atoms with E-state index in [1.807, 2.05) is 23.4 Å². The minimum Gasteiger partial charge on any atom is -0.338 e. The van der Waals surface area contributed by atoms with Crippen LogP contribution in [0, 0.1) is 12.8 Å². The summed E-state index contributed by atoms with van der Waals surface area (Å²) >= 11 is 1.69. The van der Waals surface area contributed by atoms with Crippen LogP contribution in [0.4, 0.5) is 0 Å². The maximum absolute atomic E-state index is 13.4. The number of amides is 1. The highest BCUT2D eigenvalue weighted by Crippen LogP contribution is 2.36. The number of likely N-dealkylation sites (tertiary alicyclic amines) is 1. The lowest BCUT2D eigenvalue weighted by Gasteiger charge is -2.32. The molecule has 1 aliphatic carbocycles. The molecule has 0 radical (unpaired) electrons. The van der Waals surface area contributed by atoms with Gasteiger partial charge in [-0.2, -0.15) is 5.10 Å². The summed E-state index contributed by atoms with van der Waals surface area (Å²) < 4.78 is 3.55. The Kier molecular flexibility index (Phi) is 4.76. The fourth-order valence-corrected chi connectivity index (χ4v) is 6.17. The van der Waals surface area contributed by atoms with Crippen molar-refractivity contribution in [3.63, 3.8) is 0 Å². The fourth-order valence-electron chi connectivity index (χ4n) is 4.83. The van der Waals surface area contributed by atoms with Crippen molar-refractivity contribution in [1.82, 2.24) is 24.2 Å². The van der Waals surface area contributed by atoms with E-state index >= 15 is 0 Å². The quantitative estimate of drug-likeness (QED) is 0.632. The summed E-state index contributed by atoms with van der Waals surface area (Å²) in [5, 5.41) is 5.03. The van der Waals surface area contributed by atoms with Crippen molar-refractivity contribution in [3.8, 4) is 0 Å². The molecule has 1 amide bonds. The lowest BCUT2D eigenvalue weighted by Crippen LogP contribution is -2.41. The lowest BCUT2D eigenvalue weighted by molar-refractivity contribution is 0.0692. The van der Waals surface area contributed by atoms with E-state index in [1.165, 1.54) is 10.4 Å². The van der Waals surface area contributed by atoms with E-state index in [4.69, 9.17) is 0 Å². The molecule has 4 heterocycles. The van der Waals surface area contributed by atoms with E-state index in [0.29, 0.717) is 24.6 Å². The average molecular weight is 426 g/mol. The molecule has 0 saturated carbocycles. The number of thiophene rings is 1. The topological polar surface area (TPSA) is 73.0 Å². The van der Waals surface area contributed by atoms with E-state index in [2.05, 4.69) is 17.0 Å². The van der Waals surface area contributed by atoms with Crippen LogP contribution < -0.4 is 5.56 Å². The molecule has 3 aromatic heterocycles. The Balaban J connectivity index is 1.37. The smallest absolute Gasteiger partial charge is 0.262 e. The molecule has 1 atom stereocenters. The fraction of sp³-hybridized carbons (Fsp3) is 0.545. The first-order chi connectivity index (χ1) is 14.4. The molecule has 3 aromatic rings. The van der Waals surface area contributed by atoms with Crippen LogP contribution in [-0.2, 0) is 19.9 Å². The van der Waals surface area contributed by atoms with Crippen LogP contribution in [0.25, 0.3) is 10.2 Å². The number of piperidine rings is 1. The van der Waals surface area contributed by atoms with Gasteiger partial charge in [-0.3, -0.25) is 18.8 Å². The van der Waals surface area contributed by atoms with E-state index in [1.54, 1.807) is 28.5 Å². The van der Waals surface area contributed by atoms with Crippen LogP contribution in [0.3, 0.4) is 0 Å². The van der Waals surface area contributed by atoms with Crippen LogP contribution >= 0.6 is 11.3 Å². The van der Waals surface area contributed by atoms with Gasteiger partial charge in [0.25, 0.3) is 11.5 Å². The average Bonchev–Trinajstić information content (AvgIpc) is 3.28. The summed E-state index contributed by atoms with van der Waals surface area (Å²) in [5.41, 5.74) is 2.87. The number of carbonyl (C=O) groups is 1. The first-order valence-corrected chi connectivity index (χ1v) is 11.5. The molecule has 158 valence electrons. The molecular weight excluding hydrogens is 398 g/mol. The Morgan fingerprint density at radius 2 is 2.00 bits per heavy atom. The van der Waals surface area contributed by atoms with E-state index in [9.17, 15) is 9.59 Å². The molecule has 7 nitrogen and oxygen atoms in total. The number of aryl methyl sites for hydroxylation is 2. The van der Waals surface area contributed by atoms with E-state index in [-0.39, 0.29) is 17.5 Å². The van der Waals surface area contributed by atoms with Crippen LogP contribution in [0.15, 0.2) is 17.3 Å². The van der Waals surface area contributed by atoms with Gasteiger partial charge in [-0.05, 0) is 50.5 Å². The lowest BCUT2D eigenvalue weighted by atomic mass is 9.89. The molecule has 0 aromatic carbocycles. The molecule has 0 unspecified atom stereocenters. The Labute approximate surface area is 179 Å². The largest absolute Gasteiger partial charge is 0.338 e. The summed E-state index contributed by atoms with van der Waals surface area (Å²) in [6.07, 6.45) is 8.08. The van der Waals surface area contributed by atoms with Crippen LogP contribution in [0.2, 0.25) is 0 Å². The third-order valence-electron chi connectivity index (χ3n) is 6.85. The maximum Gasteiger partial charge on any atom is 0.262 e. The number of nitrogens with zero attached hydrogens (tertiary/aromatic N) is 5. The number of fused-ring (bicyclic) bond motifs is 3. The molecule has 30 heavy (non-hydrogen) atoms. The number of hydrogen-bond acceptors (Lipinski definition) is 5. The second-order valence-corrected chi connectivity index (χ2v) is 9.86. The minimum absolute atomic E-state index is 0.0287. The van der Waals surface area contributed by atoms with Gasteiger partial charge in [-0.25, -0.2) is 4.98 Å². The Morgan fingerprint density at radius 1 is 1.23 bits per heavy atom. The van der Waals surface area contributed by atoms with Gasteiger partial charge >= 0.3 is 0 Å². The minimum atomic E-state index is 0.0287. The van der Waals surface area contributed by atoms with Crippen LogP contribution in [0.1, 0.15) is 58.7 Å². The van der Waals surface area contributed by atoms with Crippen molar-refractivity contribution >= 4 is 27.5 Å². The monoisotopic (exact) mass is 425 g/mol. The highest BCUT2D eigenvalue weighted by molar-refractivity contribution is 7.18. The molecule has 1 aliphatic heterocycles. The zero-order chi connectivity index (χ0) is 21.0. The molecular formula is C22H27N5O2S. The summed E-state index contributed by atoms with van der Waals surface area (Å²) in [6.45, 7) is 5.47. The number of carbonyl (C=O) groups excluding carboxylic acids is 1. The summed E-state index contributed by atoms with van der Waals surface area (Å²) in [7, 11) is 1.84. The summed E-state index contributed by atoms with van der Waals surface area (Å²) in [5.74, 6) is 0.708. The second kappa shape index (κ2) is 7.34. The first-order valence-electron chi connectivity index (χ1n) is 10.7. The van der Waals surface area contributed by atoms with Crippen molar-refractivity contribution in [2.75, 3.05) is 13.1 Å². The molecule has 0 N–H and O–H groups in total. The normalized spacial score (nSPS) is 20.0. The summed E-state index contributed by atoms with van der Waals surface area (Å²) in [4.78, 5) is 35.0. The molecule has 1 saturated heterocycles. The van der Waals surface area contributed by atoms with Gasteiger partial charge in [0.05, 0.1) is 23.5 Å². The van der Waals surface area contributed by atoms with Gasteiger partial charge < -0.3 is 4.90 Å². The van der Waals surface area contributed by atoms with Crippen molar-refractivity contribution in [2.45, 2.75) is 52.0 Å². The third-order valence-corrected chi connectivity index (χ3v) is 8.01. The van der Waals surface area contributed by atoms with Crippen LogP contribution in [0.5, 0.6) is 0 Å². The van der Waals surface area contributed by atoms with Crippen LogP contribution in [-0.4, -0.2) is 43.2 Å². The third kappa shape index (κ3) is 3.09. The maximum atomic E-state index is 13.4. The molecule has 2 aliphatic rings. The predicted molar refractivity (Wildman–Crippen MR) is 117 cm³/mol. The van der Waals surface area contributed by atoms with Gasteiger partial charge in [0.2, 0.25) is 0 Å².